The van der Waals surface area contributed by atoms with Crippen LogP contribution in [0.2, 0.25) is 18.1 Å². The van der Waals surface area contributed by atoms with Gasteiger partial charge in [0.25, 0.3) is 0 Å². The summed E-state index contributed by atoms with van der Waals surface area (Å²) in [5.41, 5.74) is 2.61. The summed E-state index contributed by atoms with van der Waals surface area (Å²) in [6, 6.07) is 3.28. The number of halogens is 1. The first-order chi connectivity index (χ1) is 22.4. The molecule has 1 unspecified atom stereocenters. The number of anilines is 3. The molecule has 2 aromatic heterocycles. The molecule has 0 radical (unpaired) electrons. The summed E-state index contributed by atoms with van der Waals surface area (Å²) in [6.07, 6.45) is 2.49. The lowest BCUT2D eigenvalue weighted by Crippen LogP contribution is -2.43. The van der Waals surface area contributed by atoms with Crippen LogP contribution in [0.1, 0.15) is 59.2 Å². The normalized spacial score (nSPS) is 18.2. The fourth-order valence-corrected chi connectivity index (χ4v) is 6.61. The highest BCUT2D eigenvalue weighted by Gasteiger charge is 2.38. The van der Waals surface area contributed by atoms with Crippen LogP contribution in [-0.2, 0) is 25.1 Å². The lowest BCUT2D eigenvalue weighted by molar-refractivity contribution is 0.0635. The zero-order chi connectivity index (χ0) is 35.0. The Morgan fingerprint density at radius 1 is 1.06 bits per heavy atom. The minimum absolute atomic E-state index is 0.0874. The zero-order valence-electron chi connectivity index (χ0n) is 29.4. The van der Waals surface area contributed by atoms with Crippen molar-refractivity contribution in [1.29, 1.82) is 0 Å². The Kier molecular flexibility index (Phi) is 10.1. The van der Waals surface area contributed by atoms with Crippen molar-refractivity contribution in [3.8, 4) is 11.1 Å². The second kappa shape index (κ2) is 13.6. The number of carbonyl (C=O) groups is 2. The molecule has 0 spiro atoms. The van der Waals surface area contributed by atoms with Crippen molar-refractivity contribution in [1.82, 2.24) is 9.97 Å². The van der Waals surface area contributed by atoms with Gasteiger partial charge in [-0.1, -0.05) is 20.8 Å². The molecule has 2 aliphatic rings. The van der Waals surface area contributed by atoms with E-state index in [0.29, 0.717) is 42.5 Å². The number of aromatic nitrogens is 2. The predicted octanol–water partition coefficient (Wildman–Crippen LogP) is 8.03. The molecule has 0 aliphatic carbocycles. The van der Waals surface area contributed by atoms with Gasteiger partial charge in [0.2, 0.25) is 0 Å². The molecule has 260 valence electrons. The van der Waals surface area contributed by atoms with E-state index in [9.17, 15) is 9.59 Å². The predicted molar refractivity (Wildman–Crippen MR) is 188 cm³/mol. The number of carbonyl (C=O) groups excluding carboxylic acids is 2. The van der Waals surface area contributed by atoms with E-state index in [1.54, 1.807) is 39.1 Å². The molecule has 3 aromatic rings. The third-order valence-corrected chi connectivity index (χ3v) is 13.7. The van der Waals surface area contributed by atoms with Crippen molar-refractivity contribution in [3.05, 3.63) is 41.6 Å². The quantitative estimate of drug-likeness (QED) is 0.212. The average Bonchev–Trinajstić information content (AvgIpc) is 3.49. The van der Waals surface area contributed by atoms with Crippen molar-refractivity contribution in [2.24, 2.45) is 5.92 Å². The molecule has 11 nitrogen and oxygen atoms in total. The smallest absolute Gasteiger partial charge is 0.413 e. The number of ether oxygens (including phenoxy) is 3. The van der Waals surface area contributed by atoms with E-state index >= 15 is 4.39 Å². The minimum atomic E-state index is -1.89. The fourth-order valence-electron chi connectivity index (χ4n) is 5.52. The summed E-state index contributed by atoms with van der Waals surface area (Å²) in [7, 11) is -1.89. The number of rotatable bonds is 7. The maximum atomic E-state index is 16.6. The van der Waals surface area contributed by atoms with Crippen molar-refractivity contribution in [2.75, 3.05) is 42.3 Å². The Bertz CT molecular complexity index is 1700. The van der Waals surface area contributed by atoms with Crippen molar-refractivity contribution in [2.45, 2.75) is 91.1 Å². The van der Waals surface area contributed by atoms with Crippen LogP contribution in [0.25, 0.3) is 21.9 Å². The highest BCUT2D eigenvalue weighted by Crippen LogP contribution is 2.41. The molecule has 0 saturated carbocycles. The Balaban J connectivity index is 1.48. The summed E-state index contributed by atoms with van der Waals surface area (Å²) in [5.74, 6) is -0.186. The van der Waals surface area contributed by atoms with Gasteiger partial charge in [-0.2, -0.15) is 0 Å². The molecule has 2 atom stereocenters. The standard InChI is InChI=1S/C35H48FN5O6Si/c1-20-25(16-37-27-12-21(15-39-30(20)27)18-45-48(8,9)35(5,6)7)24-13-22-14-28(40-33(43)47-34(2,3)4)38-17-26(22)31(29(24)36)41-32(42)46-23-10-11-44-19-23/h13-14,16-17,21,23,39H,10-12,15,18-19H2,1-9H3,(H,41,42)(H,38,40,43)/t21?,23-/m1/s1. The first kappa shape index (κ1) is 35.5. The van der Waals surface area contributed by atoms with Gasteiger partial charge in [-0.3, -0.25) is 15.6 Å². The third-order valence-electron chi connectivity index (χ3n) is 9.22. The largest absolute Gasteiger partial charge is 0.444 e. The number of nitrogens with one attached hydrogen (secondary N) is 3. The van der Waals surface area contributed by atoms with Crippen LogP contribution in [0.4, 0.5) is 31.2 Å². The van der Waals surface area contributed by atoms with Crippen LogP contribution in [0.5, 0.6) is 0 Å². The second-order valence-electron chi connectivity index (χ2n) is 15.2. The fraction of sp³-hybridized carbons (Fsp3) is 0.543. The zero-order valence-corrected chi connectivity index (χ0v) is 30.4. The Hall–Kier alpha value is -3.81. The van der Waals surface area contributed by atoms with Crippen molar-refractivity contribution < 1.29 is 32.6 Å². The van der Waals surface area contributed by atoms with Gasteiger partial charge < -0.3 is 24.0 Å². The van der Waals surface area contributed by atoms with Crippen LogP contribution in [0, 0.1) is 18.7 Å². The van der Waals surface area contributed by atoms with Crippen LogP contribution in [-0.4, -0.2) is 68.5 Å². The molecular weight excluding hydrogens is 633 g/mol. The molecule has 13 heteroatoms. The van der Waals surface area contributed by atoms with E-state index < -0.39 is 38.0 Å². The summed E-state index contributed by atoms with van der Waals surface area (Å²) in [6.45, 7) is 20.6. The molecule has 3 N–H and O–H groups in total. The number of fused-ring (bicyclic) bond motifs is 2. The Morgan fingerprint density at radius 3 is 2.48 bits per heavy atom. The van der Waals surface area contributed by atoms with Gasteiger partial charge in [-0.05, 0) is 75.3 Å². The maximum absolute atomic E-state index is 16.6. The number of nitrogens with zero attached hydrogens (tertiary/aromatic N) is 2. The highest BCUT2D eigenvalue weighted by atomic mass is 28.4. The molecule has 2 aliphatic heterocycles. The van der Waals surface area contributed by atoms with E-state index in [-0.39, 0.29) is 34.6 Å². The molecule has 4 heterocycles. The topological polar surface area (TPSA) is 133 Å². The summed E-state index contributed by atoms with van der Waals surface area (Å²) in [5, 5.41) is 9.77. The summed E-state index contributed by atoms with van der Waals surface area (Å²) < 4.78 is 39.2. The molecule has 1 aromatic carbocycles. The summed E-state index contributed by atoms with van der Waals surface area (Å²) in [4.78, 5) is 34.5. The van der Waals surface area contributed by atoms with Gasteiger partial charge in [0, 0.05) is 54.4 Å². The van der Waals surface area contributed by atoms with E-state index in [1.807, 2.05) is 6.92 Å². The van der Waals surface area contributed by atoms with Gasteiger partial charge in [-0.15, -0.1) is 0 Å². The third kappa shape index (κ3) is 8.07. The van der Waals surface area contributed by atoms with Crippen LogP contribution in [0.3, 0.4) is 0 Å². The molecule has 5 rings (SSSR count). The molecule has 48 heavy (non-hydrogen) atoms. The lowest BCUT2D eigenvalue weighted by atomic mass is 9.92. The average molecular weight is 682 g/mol. The van der Waals surface area contributed by atoms with Gasteiger partial charge in [0.15, 0.2) is 14.1 Å². The Labute approximate surface area is 282 Å². The van der Waals surface area contributed by atoms with Crippen LogP contribution < -0.4 is 16.0 Å². The number of amides is 2. The lowest BCUT2D eigenvalue weighted by Gasteiger charge is -2.38. The summed E-state index contributed by atoms with van der Waals surface area (Å²) >= 11 is 0. The number of benzene rings is 1. The molecule has 2 amide bonds. The number of hydrogen-bond acceptors (Lipinski definition) is 9. The van der Waals surface area contributed by atoms with E-state index in [2.05, 4.69) is 54.8 Å². The molecule has 1 fully saturated rings. The van der Waals surface area contributed by atoms with Crippen molar-refractivity contribution >= 4 is 48.5 Å². The highest BCUT2D eigenvalue weighted by molar-refractivity contribution is 6.74. The molecule has 0 bridgehead atoms. The SMILES string of the molecule is Cc1c(-c2cc3cc(NC(=O)OC(C)(C)C)ncc3c(NC(=O)O[C@@H]3CCOC3)c2F)cnc2c1NCC(CO[Si](C)(C)C(C)(C)C)C2. The molecule has 1 saturated heterocycles. The van der Waals surface area contributed by atoms with Crippen LogP contribution in [0.15, 0.2) is 24.5 Å². The van der Waals surface area contributed by atoms with Gasteiger partial charge in [0.05, 0.1) is 30.3 Å². The first-order valence-corrected chi connectivity index (χ1v) is 19.4. The number of pyridine rings is 2. The monoisotopic (exact) mass is 681 g/mol. The minimum Gasteiger partial charge on any atom is -0.444 e. The second-order valence-corrected chi connectivity index (χ2v) is 20.0. The van der Waals surface area contributed by atoms with E-state index in [4.69, 9.17) is 23.6 Å². The number of hydrogen-bond donors (Lipinski definition) is 3. The van der Waals surface area contributed by atoms with E-state index in [0.717, 1.165) is 23.4 Å². The van der Waals surface area contributed by atoms with Crippen LogP contribution >= 0.6 is 0 Å². The first-order valence-electron chi connectivity index (χ1n) is 16.5. The van der Waals surface area contributed by atoms with Crippen molar-refractivity contribution in [3.63, 3.8) is 0 Å². The Morgan fingerprint density at radius 2 is 1.81 bits per heavy atom. The molecular formula is C35H48FN5O6Si. The van der Waals surface area contributed by atoms with Gasteiger partial charge in [-0.25, -0.2) is 19.0 Å². The maximum Gasteiger partial charge on any atom is 0.413 e. The van der Waals surface area contributed by atoms with Gasteiger partial charge in [0.1, 0.15) is 17.5 Å². The van der Waals surface area contributed by atoms with E-state index in [1.165, 1.54) is 6.20 Å². The van der Waals surface area contributed by atoms with Gasteiger partial charge >= 0.3 is 12.2 Å².